The van der Waals surface area contributed by atoms with Crippen LogP contribution in [0.3, 0.4) is 0 Å². The molecule has 0 saturated carbocycles. The number of hydrogen-bond acceptors (Lipinski definition) is 5. The molecule has 1 aromatic carbocycles. The van der Waals surface area contributed by atoms with Gasteiger partial charge in [0, 0.05) is 10.8 Å². The lowest BCUT2D eigenvalue weighted by atomic mass is 9.74. The molecule has 26 heavy (non-hydrogen) atoms. The summed E-state index contributed by atoms with van der Waals surface area (Å²) in [6.45, 7) is 4.45. The van der Waals surface area contributed by atoms with Crippen molar-refractivity contribution in [3.63, 3.8) is 0 Å². The largest absolute Gasteiger partial charge is 0.494 e. The summed E-state index contributed by atoms with van der Waals surface area (Å²) in [5.41, 5.74) is 1.84. The summed E-state index contributed by atoms with van der Waals surface area (Å²) in [5, 5.41) is 1.99. The molecule has 1 aliphatic carbocycles. The zero-order valence-corrected chi connectivity index (χ0v) is 15.8. The van der Waals surface area contributed by atoms with Crippen molar-refractivity contribution >= 4 is 28.7 Å². The Morgan fingerprint density at radius 1 is 1.15 bits per heavy atom. The fourth-order valence-corrected chi connectivity index (χ4v) is 4.14. The molecule has 0 saturated heterocycles. The van der Waals surface area contributed by atoms with Gasteiger partial charge in [-0.25, -0.2) is 0 Å². The number of ketones is 1. The number of benzene rings is 1. The van der Waals surface area contributed by atoms with Gasteiger partial charge in [-0.15, -0.1) is 11.3 Å². The molecule has 0 radical (unpaired) electrons. The molecule has 0 spiro atoms. The Morgan fingerprint density at radius 3 is 2.65 bits per heavy atom. The Balaban J connectivity index is 2.05. The van der Waals surface area contributed by atoms with E-state index in [1.54, 1.807) is 24.3 Å². The van der Waals surface area contributed by atoms with Crippen molar-refractivity contribution in [1.29, 1.82) is 0 Å². The molecule has 1 heterocycles. The van der Waals surface area contributed by atoms with E-state index in [0.29, 0.717) is 13.0 Å². The number of carbonyl (C=O) groups excluding carboxylic acids is 2. The summed E-state index contributed by atoms with van der Waals surface area (Å²) in [7, 11) is 0. The zero-order chi connectivity index (χ0) is 18.5. The van der Waals surface area contributed by atoms with Gasteiger partial charge >= 0.3 is 5.97 Å². The molecule has 2 aromatic rings. The van der Waals surface area contributed by atoms with E-state index in [1.807, 2.05) is 48.7 Å². The second kappa shape index (κ2) is 8.32. The highest BCUT2D eigenvalue weighted by molar-refractivity contribution is 7.11. The van der Waals surface area contributed by atoms with Crippen molar-refractivity contribution in [2.24, 2.45) is 5.92 Å². The van der Waals surface area contributed by atoms with E-state index in [-0.39, 0.29) is 18.3 Å². The minimum absolute atomic E-state index is 0.200. The predicted molar refractivity (Wildman–Crippen MR) is 102 cm³/mol. The molecular weight excluding hydrogens is 348 g/mol. The van der Waals surface area contributed by atoms with Crippen LogP contribution in [0.15, 0.2) is 47.9 Å². The first-order valence-electron chi connectivity index (χ1n) is 8.82. The monoisotopic (exact) mass is 370 g/mol. The van der Waals surface area contributed by atoms with Gasteiger partial charge in [0.15, 0.2) is 5.78 Å². The maximum Gasteiger partial charge on any atom is 0.317 e. The third-order valence-electron chi connectivity index (χ3n) is 4.46. The number of hydrogen-bond donors (Lipinski definition) is 0. The fraction of sp³-hybridized carbons (Fsp3) is 0.333. The topological polar surface area (TPSA) is 52.6 Å². The Bertz CT molecular complexity index is 807. The van der Waals surface area contributed by atoms with E-state index in [1.165, 1.54) is 0 Å². The molecule has 0 aliphatic heterocycles. The summed E-state index contributed by atoms with van der Waals surface area (Å²) in [5.74, 6) is -1.08. The van der Waals surface area contributed by atoms with Crippen molar-refractivity contribution in [3.05, 3.63) is 58.3 Å². The second-order valence-electron chi connectivity index (χ2n) is 6.06. The highest BCUT2D eigenvalue weighted by Gasteiger charge is 2.41. The number of allylic oxidation sites excluding steroid dienone is 2. The first kappa shape index (κ1) is 18.4. The van der Waals surface area contributed by atoms with Crippen LogP contribution in [-0.4, -0.2) is 25.0 Å². The Morgan fingerprint density at radius 2 is 1.96 bits per heavy atom. The van der Waals surface area contributed by atoms with E-state index in [4.69, 9.17) is 9.47 Å². The first-order chi connectivity index (χ1) is 12.7. The number of rotatable bonds is 6. The number of thiophene rings is 1. The van der Waals surface area contributed by atoms with Gasteiger partial charge in [0.05, 0.1) is 13.2 Å². The first-order valence-corrected chi connectivity index (χ1v) is 9.70. The van der Waals surface area contributed by atoms with Crippen molar-refractivity contribution in [3.8, 4) is 5.75 Å². The molecule has 1 aromatic heterocycles. The Kier molecular flexibility index (Phi) is 5.89. The van der Waals surface area contributed by atoms with Crippen molar-refractivity contribution in [2.75, 3.05) is 13.2 Å². The number of ether oxygens (including phenoxy) is 2. The number of carbonyl (C=O) groups is 2. The van der Waals surface area contributed by atoms with Gasteiger partial charge < -0.3 is 9.47 Å². The van der Waals surface area contributed by atoms with Crippen LogP contribution < -0.4 is 4.74 Å². The maximum atomic E-state index is 12.9. The minimum atomic E-state index is -0.833. The lowest BCUT2D eigenvalue weighted by Gasteiger charge is -2.30. The maximum absolute atomic E-state index is 12.9. The molecule has 0 fully saturated rings. The van der Waals surface area contributed by atoms with Crippen LogP contribution in [0.25, 0.3) is 5.57 Å². The Labute approximate surface area is 157 Å². The third-order valence-corrected chi connectivity index (χ3v) is 5.41. The van der Waals surface area contributed by atoms with Crippen LogP contribution in [-0.2, 0) is 14.3 Å². The van der Waals surface area contributed by atoms with Gasteiger partial charge in [-0.3, -0.25) is 9.59 Å². The van der Waals surface area contributed by atoms with Crippen LogP contribution in [0.4, 0.5) is 0 Å². The van der Waals surface area contributed by atoms with Crippen LogP contribution >= 0.6 is 11.3 Å². The van der Waals surface area contributed by atoms with Crippen molar-refractivity contribution < 1.29 is 19.1 Å². The minimum Gasteiger partial charge on any atom is -0.494 e. The summed E-state index contributed by atoms with van der Waals surface area (Å²) >= 11 is 1.60. The molecule has 2 atom stereocenters. The van der Waals surface area contributed by atoms with E-state index < -0.39 is 11.9 Å². The summed E-state index contributed by atoms with van der Waals surface area (Å²) in [6, 6.07) is 11.6. The smallest absolute Gasteiger partial charge is 0.317 e. The van der Waals surface area contributed by atoms with Crippen LogP contribution in [0.1, 0.15) is 36.6 Å². The van der Waals surface area contributed by atoms with E-state index in [0.717, 1.165) is 21.8 Å². The van der Waals surface area contributed by atoms with Gasteiger partial charge in [-0.1, -0.05) is 24.3 Å². The standard InChI is InChI=1S/C21H22O4S/c1-3-24-18-9-6-5-8-15(18)16-12-14(19-10-7-11-26-19)13-17(22)20(16)21(23)25-4-2/h5-11,13,16,20H,3-4,12H2,1-2H3/t16-,20+/m0/s1. The average Bonchev–Trinajstić information content (AvgIpc) is 3.16. The molecule has 0 amide bonds. The van der Waals surface area contributed by atoms with Gasteiger partial charge in [-0.2, -0.15) is 0 Å². The fourth-order valence-electron chi connectivity index (χ4n) is 3.38. The van der Waals surface area contributed by atoms with Gasteiger partial charge in [0.2, 0.25) is 0 Å². The lowest BCUT2D eigenvalue weighted by Crippen LogP contribution is -2.34. The van der Waals surface area contributed by atoms with Crippen LogP contribution in [0.5, 0.6) is 5.75 Å². The van der Waals surface area contributed by atoms with E-state index >= 15 is 0 Å². The Hall–Kier alpha value is -2.40. The van der Waals surface area contributed by atoms with Crippen LogP contribution in [0, 0.1) is 5.92 Å². The van der Waals surface area contributed by atoms with Gasteiger partial charge in [-0.05, 0) is 55.0 Å². The molecule has 0 bridgehead atoms. The molecule has 0 N–H and O–H groups in total. The summed E-state index contributed by atoms with van der Waals surface area (Å²) in [4.78, 5) is 26.5. The molecule has 4 nitrogen and oxygen atoms in total. The molecular formula is C21H22O4S. The molecule has 0 unspecified atom stereocenters. The van der Waals surface area contributed by atoms with E-state index in [2.05, 4.69) is 0 Å². The lowest BCUT2D eigenvalue weighted by molar-refractivity contribution is -0.151. The number of esters is 1. The predicted octanol–water partition coefficient (Wildman–Crippen LogP) is 4.47. The molecule has 1 aliphatic rings. The van der Waals surface area contributed by atoms with Gasteiger partial charge in [0.25, 0.3) is 0 Å². The normalized spacial score (nSPS) is 19.8. The molecule has 3 rings (SSSR count). The third kappa shape index (κ3) is 3.73. The SMILES string of the molecule is CCOC(=O)[C@H]1C(=O)C=C(c2cccs2)C[C@H]1c1ccccc1OCC. The second-order valence-corrected chi connectivity index (χ2v) is 7.01. The highest BCUT2D eigenvalue weighted by Crippen LogP contribution is 2.44. The van der Waals surface area contributed by atoms with Crippen molar-refractivity contribution in [1.82, 2.24) is 0 Å². The molecule has 136 valence electrons. The molecule has 5 heteroatoms. The van der Waals surface area contributed by atoms with Gasteiger partial charge in [0.1, 0.15) is 11.7 Å². The summed E-state index contributed by atoms with van der Waals surface area (Å²) in [6.07, 6.45) is 2.20. The average molecular weight is 370 g/mol. The zero-order valence-electron chi connectivity index (χ0n) is 14.9. The van der Waals surface area contributed by atoms with Crippen LogP contribution in [0.2, 0.25) is 0 Å². The van der Waals surface area contributed by atoms with E-state index in [9.17, 15) is 9.59 Å². The van der Waals surface area contributed by atoms with Crippen molar-refractivity contribution in [2.45, 2.75) is 26.2 Å². The summed E-state index contributed by atoms with van der Waals surface area (Å²) < 4.78 is 11.0. The number of para-hydroxylation sites is 1. The quantitative estimate of drug-likeness (QED) is 0.556. The highest BCUT2D eigenvalue weighted by atomic mass is 32.1.